The molecule has 0 saturated heterocycles. The Balaban J connectivity index is 2.68. The second kappa shape index (κ2) is 5.31. The minimum Gasteiger partial charge on any atom is -0.298 e. The number of rotatable bonds is 3. The molecule has 0 aliphatic rings. The van der Waals surface area contributed by atoms with Gasteiger partial charge in [-0.25, -0.2) is 4.39 Å². The van der Waals surface area contributed by atoms with E-state index in [1.807, 2.05) is 26.8 Å². The molecule has 0 amide bonds. The van der Waals surface area contributed by atoms with E-state index >= 15 is 0 Å². The fourth-order valence-corrected chi connectivity index (χ4v) is 2.14. The van der Waals surface area contributed by atoms with Crippen molar-refractivity contribution in [2.24, 2.45) is 0 Å². The monoisotopic (exact) mass is 257 g/mol. The summed E-state index contributed by atoms with van der Waals surface area (Å²) in [5, 5.41) is 0. The third-order valence-corrected chi connectivity index (χ3v) is 3.04. The Kier molecular flexibility index (Phi) is 3.74. The Morgan fingerprint density at radius 3 is 2.37 bits per heavy atom. The smallest absolute Gasteiger partial charge is 0.152 e. The van der Waals surface area contributed by atoms with Gasteiger partial charge in [0.05, 0.1) is 5.69 Å². The van der Waals surface area contributed by atoms with Crippen LogP contribution in [0.25, 0.3) is 11.1 Å². The lowest BCUT2D eigenvalue weighted by Crippen LogP contribution is -2.03. The topological polar surface area (TPSA) is 30.0 Å². The Bertz CT molecular complexity index is 603. The molecule has 0 bridgehead atoms. The molecule has 2 aromatic rings. The van der Waals surface area contributed by atoms with E-state index in [1.165, 1.54) is 12.1 Å². The normalized spacial score (nSPS) is 10.8. The van der Waals surface area contributed by atoms with Crippen molar-refractivity contribution in [2.75, 3.05) is 0 Å². The fraction of sp³-hybridized carbons (Fsp3) is 0.250. The second-order valence-electron chi connectivity index (χ2n) is 4.89. The zero-order valence-electron chi connectivity index (χ0n) is 11.3. The maximum Gasteiger partial charge on any atom is 0.152 e. The Morgan fingerprint density at radius 1 is 1.21 bits per heavy atom. The average Bonchev–Trinajstić information content (AvgIpc) is 2.38. The van der Waals surface area contributed by atoms with Crippen molar-refractivity contribution in [3.8, 4) is 11.1 Å². The van der Waals surface area contributed by atoms with Gasteiger partial charge >= 0.3 is 0 Å². The lowest BCUT2D eigenvalue weighted by Gasteiger charge is -2.14. The summed E-state index contributed by atoms with van der Waals surface area (Å²) in [5.41, 5.74) is 3.87. The van der Waals surface area contributed by atoms with Crippen molar-refractivity contribution in [2.45, 2.75) is 26.7 Å². The number of carbonyl (C=O) groups is 1. The van der Waals surface area contributed by atoms with Crippen molar-refractivity contribution in [3.63, 3.8) is 0 Å². The minimum atomic E-state index is -0.286. The van der Waals surface area contributed by atoms with E-state index < -0.39 is 0 Å². The van der Waals surface area contributed by atoms with Crippen LogP contribution in [-0.2, 0) is 0 Å². The first kappa shape index (κ1) is 13.4. The standard InChI is InChI=1S/C16H16FNO/c1-10(2)16-15(9-19)14(8-11(3)18-16)12-4-6-13(17)7-5-12/h4-10H,1-3H3. The molecule has 0 unspecified atom stereocenters. The summed E-state index contributed by atoms with van der Waals surface area (Å²) in [6.07, 6.45) is 0.834. The predicted octanol–water partition coefficient (Wildman–Crippen LogP) is 4.13. The fourth-order valence-electron chi connectivity index (χ4n) is 2.14. The van der Waals surface area contributed by atoms with Gasteiger partial charge in [0.2, 0.25) is 0 Å². The highest BCUT2D eigenvalue weighted by Gasteiger charge is 2.14. The zero-order valence-corrected chi connectivity index (χ0v) is 11.3. The van der Waals surface area contributed by atoms with Gasteiger partial charge in [-0.1, -0.05) is 26.0 Å². The van der Waals surface area contributed by atoms with Gasteiger partial charge < -0.3 is 0 Å². The summed E-state index contributed by atoms with van der Waals surface area (Å²) in [5.74, 6) is -0.120. The molecule has 0 spiro atoms. The molecule has 1 aromatic carbocycles. The molecule has 2 rings (SSSR count). The van der Waals surface area contributed by atoms with E-state index in [1.54, 1.807) is 12.1 Å². The van der Waals surface area contributed by atoms with Gasteiger partial charge in [0.15, 0.2) is 6.29 Å². The molecule has 0 saturated carbocycles. The van der Waals surface area contributed by atoms with Crippen LogP contribution in [-0.4, -0.2) is 11.3 Å². The molecule has 1 aromatic heterocycles. The van der Waals surface area contributed by atoms with E-state index in [9.17, 15) is 9.18 Å². The Hall–Kier alpha value is -2.03. The van der Waals surface area contributed by atoms with E-state index in [0.29, 0.717) is 5.56 Å². The third-order valence-electron chi connectivity index (χ3n) is 3.04. The van der Waals surface area contributed by atoms with Gasteiger partial charge in [0.25, 0.3) is 0 Å². The highest BCUT2D eigenvalue weighted by molar-refractivity contribution is 5.89. The van der Waals surface area contributed by atoms with Crippen molar-refractivity contribution in [1.29, 1.82) is 0 Å². The van der Waals surface area contributed by atoms with Gasteiger partial charge in [-0.2, -0.15) is 0 Å². The molecular weight excluding hydrogens is 241 g/mol. The first-order valence-corrected chi connectivity index (χ1v) is 6.25. The van der Waals surface area contributed by atoms with Crippen LogP contribution in [0.4, 0.5) is 4.39 Å². The lowest BCUT2D eigenvalue weighted by atomic mass is 9.94. The van der Waals surface area contributed by atoms with E-state index in [2.05, 4.69) is 4.98 Å². The first-order chi connectivity index (χ1) is 9.02. The van der Waals surface area contributed by atoms with E-state index in [0.717, 1.165) is 28.8 Å². The highest BCUT2D eigenvalue weighted by atomic mass is 19.1. The first-order valence-electron chi connectivity index (χ1n) is 6.25. The number of aromatic nitrogens is 1. The Labute approximate surface area is 112 Å². The molecule has 2 nitrogen and oxygen atoms in total. The minimum absolute atomic E-state index is 0.166. The number of halogens is 1. The van der Waals surface area contributed by atoms with Crippen LogP contribution in [0.3, 0.4) is 0 Å². The van der Waals surface area contributed by atoms with Crippen LogP contribution in [0.2, 0.25) is 0 Å². The zero-order chi connectivity index (χ0) is 14.0. The van der Waals surface area contributed by atoms with Gasteiger partial charge in [-0.05, 0) is 42.2 Å². The van der Waals surface area contributed by atoms with Crippen LogP contribution in [0.1, 0.15) is 41.5 Å². The summed E-state index contributed by atoms with van der Waals surface area (Å²) >= 11 is 0. The number of nitrogens with zero attached hydrogens (tertiary/aromatic N) is 1. The lowest BCUT2D eigenvalue weighted by molar-refractivity contribution is 0.112. The van der Waals surface area contributed by atoms with Crippen LogP contribution in [0.15, 0.2) is 30.3 Å². The van der Waals surface area contributed by atoms with Crippen LogP contribution < -0.4 is 0 Å². The molecule has 0 aliphatic carbocycles. The molecule has 3 heteroatoms. The molecule has 19 heavy (non-hydrogen) atoms. The summed E-state index contributed by atoms with van der Waals surface area (Å²) in [4.78, 5) is 15.8. The Morgan fingerprint density at radius 2 is 1.84 bits per heavy atom. The molecule has 0 fully saturated rings. The maximum absolute atomic E-state index is 13.0. The molecule has 0 N–H and O–H groups in total. The van der Waals surface area contributed by atoms with Crippen molar-refractivity contribution < 1.29 is 9.18 Å². The van der Waals surface area contributed by atoms with Gasteiger partial charge in [0, 0.05) is 11.3 Å². The summed E-state index contributed by atoms with van der Waals surface area (Å²) in [6.45, 7) is 5.90. The average molecular weight is 257 g/mol. The number of carbonyl (C=O) groups excluding carboxylic acids is 1. The maximum atomic E-state index is 13.0. The third kappa shape index (κ3) is 2.70. The van der Waals surface area contributed by atoms with Crippen LogP contribution in [0, 0.1) is 12.7 Å². The SMILES string of the molecule is Cc1cc(-c2ccc(F)cc2)c(C=O)c(C(C)C)n1. The van der Waals surface area contributed by atoms with E-state index in [4.69, 9.17) is 0 Å². The van der Waals surface area contributed by atoms with Crippen LogP contribution in [0.5, 0.6) is 0 Å². The summed E-state index contributed by atoms with van der Waals surface area (Å²) in [7, 11) is 0. The highest BCUT2D eigenvalue weighted by Crippen LogP contribution is 2.28. The van der Waals surface area contributed by atoms with Gasteiger partial charge in [-0.15, -0.1) is 0 Å². The molecule has 98 valence electrons. The molecular formula is C16H16FNO. The largest absolute Gasteiger partial charge is 0.298 e. The van der Waals surface area contributed by atoms with Crippen molar-refractivity contribution in [1.82, 2.24) is 4.98 Å². The van der Waals surface area contributed by atoms with Crippen molar-refractivity contribution >= 4 is 6.29 Å². The number of aryl methyl sites for hydroxylation is 1. The van der Waals surface area contributed by atoms with Crippen molar-refractivity contribution in [3.05, 3.63) is 53.1 Å². The number of pyridine rings is 1. The number of hydrogen-bond acceptors (Lipinski definition) is 2. The number of benzene rings is 1. The second-order valence-corrected chi connectivity index (χ2v) is 4.89. The molecule has 0 aliphatic heterocycles. The molecule has 1 heterocycles. The summed E-state index contributed by atoms with van der Waals surface area (Å²) < 4.78 is 13.0. The number of aldehydes is 1. The van der Waals surface area contributed by atoms with Crippen LogP contribution >= 0.6 is 0 Å². The van der Waals surface area contributed by atoms with Gasteiger partial charge in [0.1, 0.15) is 5.82 Å². The molecule has 0 atom stereocenters. The quantitative estimate of drug-likeness (QED) is 0.774. The number of hydrogen-bond donors (Lipinski definition) is 0. The van der Waals surface area contributed by atoms with E-state index in [-0.39, 0.29) is 11.7 Å². The predicted molar refractivity (Wildman–Crippen MR) is 73.8 cm³/mol. The molecule has 0 radical (unpaired) electrons. The summed E-state index contributed by atoms with van der Waals surface area (Å²) in [6, 6.07) is 8.02. The van der Waals surface area contributed by atoms with Gasteiger partial charge in [-0.3, -0.25) is 9.78 Å².